The number of alkyl halides is 5. The smallest absolute Gasteiger partial charge is 0.346 e. The van der Waals surface area contributed by atoms with Crippen LogP contribution in [0.15, 0.2) is 36.4 Å². The highest BCUT2D eigenvalue weighted by atomic mass is 19.4. The lowest BCUT2D eigenvalue weighted by Gasteiger charge is -2.39. The van der Waals surface area contributed by atoms with E-state index in [1.54, 1.807) is 7.85 Å². The van der Waals surface area contributed by atoms with Crippen LogP contribution in [0.3, 0.4) is 0 Å². The molecule has 1 saturated heterocycles. The number of nitrogens with one attached hydrogen (secondary N) is 2. The molecule has 1 atom stereocenters. The second-order valence-corrected chi connectivity index (χ2v) is 9.34. The summed E-state index contributed by atoms with van der Waals surface area (Å²) in [5.41, 5.74) is -3.11. The first kappa shape index (κ1) is 26.3. The molecule has 0 radical (unpaired) electrons. The number of hydrogen-bond donors (Lipinski definition) is 2. The number of hydrogen-bond acceptors (Lipinski definition) is 4. The van der Waals surface area contributed by atoms with Crippen LogP contribution >= 0.6 is 0 Å². The Morgan fingerprint density at radius 3 is 2.43 bits per heavy atom. The molecular formula is C24H21BF5N3O4. The molecule has 2 aliphatic rings. The molecule has 0 unspecified atom stereocenters. The molecule has 0 bridgehead atoms. The van der Waals surface area contributed by atoms with E-state index < -0.39 is 58.8 Å². The summed E-state index contributed by atoms with van der Waals surface area (Å²) in [6.45, 7) is 0.898. The monoisotopic (exact) mass is 521 g/mol. The van der Waals surface area contributed by atoms with E-state index in [0.717, 1.165) is 6.07 Å². The van der Waals surface area contributed by atoms with Gasteiger partial charge in [0.25, 0.3) is 11.8 Å². The maximum Gasteiger partial charge on any atom is 0.416 e. The third-order valence-corrected chi connectivity index (χ3v) is 6.71. The number of nitrogens with zero attached hydrogens (tertiary/aromatic N) is 1. The summed E-state index contributed by atoms with van der Waals surface area (Å²) in [4.78, 5) is 50.5. The zero-order valence-corrected chi connectivity index (χ0v) is 19.8. The Hall–Kier alpha value is -3.77. The first-order chi connectivity index (χ1) is 17.1. The van der Waals surface area contributed by atoms with Crippen molar-refractivity contribution in [3.8, 4) is 0 Å². The maximum absolute atomic E-state index is 14.8. The van der Waals surface area contributed by atoms with E-state index in [-0.39, 0.29) is 30.5 Å². The molecule has 37 heavy (non-hydrogen) atoms. The van der Waals surface area contributed by atoms with Crippen molar-refractivity contribution in [1.29, 1.82) is 0 Å². The average molecular weight is 521 g/mol. The Labute approximate surface area is 208 Å². The summed E-state index contributed by atoms with van der Waals surface area (Å²) in [7, 11) is 1.54. The molecule has 2 aromatic rings. The van der Waals surface area contributed by atoms with Crippen LogP contribution in [0.1, 0.15) is 51.0 Å². The molecule has 0 aromatic heterocycles. The minimum absolute atomic E-state index is 0.0164. The number of imide groups is 1. The molecule has 1 fully saturated rings. The molecule has 2 aromatic carbocycles. The van der Waals surface area contributed by atoms with Crippen molar-refractivity contribution in [2.24, 2.45) is 0 Å². The number of carbonyl (C=O) groups is 4. The number of amides is 4. The number of piperidine rings is 1. The van der Waals surface area contributed by atoms with Gasteiger partial charge >= 0.3 is 12.1 Å². The zero-order chi connectivity index (χ0) is 27.3. The molecule has 0 saturated carbocycles. The van der Waals surface area contributed by atoms with Crippen LogP contribution in [0, 0.1) is 6.92 Å². The van der Waals surface area contributed by atoms with Gasteiger partial charge in [0.15, 0.2) is 0 Å². The third kappa shape index (κ3) is 4.69. The van der Waals surface area contributed by atoms with Gasteiger partial charge in [0, 0.05) is 30.6 Å². The number of carbonyl (C=O) groups excluding carboxylic acids is 4. The highest BCUT2D eigenvalue weighted by Crippen LogP contribution is 2.40. The van der Waals surface area contributed by atoms with E-state index >= 15 is 0 Å². The lowest BCUT2D eigenvalue weighted by Crippen LogP contribution is -2.63. The van der Waals surface area contributed by atoms with Crippen molar-refractivity contribution in [3.05, 3.63) is 69.8 Å². The van der Waals surface area contributed by atoms with Gasteiger partial charge in [-0.25, -0.2) is 0 Å². The van der Waals surface area contributed by atoms with Gasteiger partial charge in [-0.15, -0.1) is 0 Å². The number of halogens is 5. The van der Waals surface area contributed by atoms with Crippen molar-refractivity contribution in [2.75, 3.05) is 0 Å². The first-order valence-electron chi connectivity index (χ1n) is 11.3. The minimum Gasteiger partial charge on any atom is -0.346 e. The fourth-order valence-corrected chi connectivity index (χ4v) is 4.52. The maximum atomic E-state index is 14.8. The predicted octanol–water partition coefficient (Wildman–Crippen LogP) is 2.14. The van der Waals surface area contributed by atoms with Crippen LogP contribution in [0.25, 0.3) is 0 Å². The standard InChI is InChI=1S/C24H21BF5N3O4/c1-12-2-5-16(17(8-12)24(28,29)30)23(26,27)21(37)31-10-13-3-4-15-14(9-13)11-33(19(15)35)22(25)7-6-18(34)32-20(22)36/h2-5,8-9H,6-7,10-11,25H2,1H3,(H,31,37)(H,32,34,36)/t22-/m1/s1. The van der Waals surface area contributed by atoms with Crippen molar-refractivity contribution in [1.82, 2.24) is 15.5 Å². The van der Waals surface area contributed by atoms with Gasteiger partial charge in [-0.3, -0.25) is 24.5 Å². The SMILES string of the molecule is B[C@@]1(N2Cc3cc(CNC(=O)C(F)(F)c4ccc(C)cc4C(F)(F)F)ccc3C2=O)CCC(=O)NC1=O. The van der Waals surface area contributed by atoms with E-state index in [1.165, 1.54) is 30.0 Å². The van der Waals surface area contributed by atoms with Crippen LogP contribution in [0.5, 0.6) is 0 Å². The summed E-state index contributed by atoms with van der Waals surface area (Å²) in [6.07, 6.45) is -4.89. The zero-order valence-electron chi connectivity index (χ0n) is 19.8. The summed E-state index contributed by atoms with van der Waals surface area (Å²) in [5, 5.41) is 4.19. The molecule has 4 rings (SSSR count). The second kappa shape index (κ2) is 8.96. The molecule has 0 aliphatic carbocycles. The van der Waals surface area contributed by atoms with Crippen molar-refractivity contribution >= 4 is 31.5 Å². The molecule has 2 N–H and O–H groups in total. The largest absolute Gasteiger partial charge is 0.416 e. The number of aryl methyl sites for hydroxylation is 1. The minimum atomic E-state index is -5.08. The van der Waals surface area contributed by atoms with Gasteiger partial charge in [0.05, 0.1) is 11.0 Å². The second-order valence-electron chi connectivity index (χ2n) is 9.34. The number of fused-ring (bicyclic) bond motifs is 1. The first-order valence-corrected chi connectivity index (χ1v) is 11.3. The molecule has 2 heterocycles. The summed E-state index contributed by atoms with van der Waals surface area (Å²) < 4.78 is 69.6. The van der Waals surface area contributed by atoms with Crippen molar-refractivity contribution in [3.63, 3.8) is 0 Å². The quantitative estimate of drug-likeness (QED) is 0.358. The lowest BCUT2D eigenvalue weighted by molar-refractivity contribution is -0.153. The summed E-state index contributed by atoms with van der Waals surface area (Å²) >= 11 is 0. The molecule has 13 heteroatoms. The summed E-state index contributed by atoms with van der Waals surface area (Å²) in [5.74, 6) is -7.84. The van der Waals surface area contributed by atoms with Crippen LogP contribution in [0.2, 0.25) is 0 Å². The molecule has 2 aliphatic heterocycles. The third-order valence-electron chi connectivity index (χ3n) is 6.71. The molecule has 7 nitrogen and oxygen atoms in total. The van der Waals surface area contributed by atoms with Gasteiger partial charge in [0.1, 0.15) is 7.85 Å². The van der Waals surface area contributed by atoms with Gasteiger partial charge in [-0.1, -0.05) is 29.8 Å². The van der Waals surface area contributed by atoms with Gasteiger partial charge in [-0.2, -0.15) is 22.0 Å². The molecule has 0 spiro atoms. The Balaban J connectivity index is 1.50. The predicted molar refractivity (Wildman–Crippen MR) is 122 cm³/mol. The fraction of sp³-hybridized carbons (Fsp3) is 0.333. The van der Waals surface area contributed by atoms with Crippen LogP contribution < -0.4 is 10.6 Å². The van der Waals surface area contributed by atoms with Crippen molar-refractivity contribution < 1.29 is 41.1 Å². The van der Waals surface area contributed by atoms with Gasteiger partial charge in [-0.05, 0) is 36.6 Å². The van der Waals surface area contributed by atoms with Crippen LogP contribution in [0.4, 0.5) is 22.0 Å². The lowest BCUT2D eigenvalue weighted by atomic mass is 9.70. The van der Waals surface area contributed by atoms with Gasteiger partial charge in [0.2, 0.25) is 11.8 Å². The van der Waals surface area contributed by atoms with E-state index in [1.807, 2.05) is 5.32 Å². The Morgan fingerprint density at radius 2 is 1.78 bits per heavy atom. The Morgan fingerprint density at radius 1 is 1.08 bits per heavy atom. The molecule has 194 valence electrons. The summed E-state index contributed by atoms with van der Waals surface area (Å²) in [6, 6.07) is 6.55. The van der Waals surface area contributed by atoms with E-state index in [4.69, 9.17) is 0 Å². The highest BCUT2D eigenvalue weighted by molar-refractivity contribution is 6.32. The highest BCUT2D eigenvalue weighted by Gasteiger charge is 2.49. The topological polar surface area (TPSA) is 95.6 Å². The van der Waals surface area contributed by atoms with Gasteiger partial charge < -0.3 is 10.2 Å². The van der Waals surface area contributed by atoms with Crippen LogP contribution in [-0.2, 0) is 39.6 Å². The van der Waals surface area contributed by atoms with E-state index in [9.17, 15) is 41.1 Å². The normalized spacial score (nSPS) is 20.1. The number of rotatable bonds is 5. The van der Waals surface area contributed by atoms with E-state index in [0.29, 0.717) is 23.3 Å². The number of benzene rings is 2. The fourth-order valence-electron chi connectivity index (χ4n) is 4.52. The van der Waals surface area contributed by atoms with E-state index in [2.05, 4.69) is 5.32 Å². The Kier molecular flexibility index (Phi) is 6.37. The molecular weight excluding hydrogens is 500 g/mol. The van der Waals surface area contributed by atoms with Crippen molar-refractivity contribution in [2.45, 2.75) is 50.4 Å². The average Bonchev–Trinajstić information content (AvgIpc) is 3.15. The molecule has 4 amide bonds. The Bertz CT molecular complexity index is 1330. The van der Waals surface area contributed by atoms with Crippen LogP contribution in [-0.4, -0.2) is 41.8 Å².